The van der Waals surface area contributed by atoms with E-state index in [1.54, 1.807) is 7.11 Å². The summed E-state index contributed by atoms with van der Waals surface area (Å²) in [5.74, 6) is 0.953. The van der Waals surface area contributed by atoms with Gasteiger partial charge in [0.05, 0.1) is 7.11 Å². The summed E-state index contributed by atoms with van der Waals surface area (Å²) in [6.07, 6.45) is 8.41. The van der Waals surface area contributed by atoms with Crippen molar-refractivity contribution in [2.24, 2.45) is 5.41 Å². The van der Waals surface area contributed by atoms with Crippen LogP contribution >= 0.6 is 0 Å². The highest BCUT2D eigenvalue weighted by Crippen LogP contribution is 2.40. The Bertz CT molecular complexity index is 444. The Morgan fingerprint density at radius 2 is 2.06 bits per heavy atom. The van der Waals surface area contributed by atoms with Gasteiger partial charge in [0.2, 0.25) is 0 Å². The van der Waals surface area contributed by atoms with E-state index in [-0.39, 0.29) is 0 Å². The first-order chi connectivity index (χ1) is 8.31. The molecule has 2 nitrogen and oxygen atoms in total. The van der Waals surface area contributed by atoms with Crippen molar-refractivity contribution >= 4 is 6.08 Å². The van der Waals surface area contributed by atoms with Gasteiger partial charge in [0.15, 0.2) is 0 Å². The zero-order valence-electron chi connectivity index (χ0n) is 10.3. The third kappa shape index (κ3) is 1.98. The van der Waals surface area contributed by atoms with Gasteiger partial charge in [-0.3, -0.25) is 0 Å². The van der Waals surface area contributed by atoms with Crippen molar-refractivity contribution in [2.75, 3.05) is 20.2 Å². The molecule has 1 saturated heterocycles. The molecule has 0 radical (unpaired) electrons. The van der Waals surface area contributed by atoms with E-state index in [0.29, 0.717) is 5.41 Å². The van der Waals surface area contributed by atoms with Crippen LogP contribution in [0.1, 0.15) is 24.0 Å². The summed E-state index contributed by atoms with van der Waals surface area (Å²) < 4.78 is 5.27. The average molecular weight is 229 g/mol. The van der Waals surface area contributed by atoms with Crippen molar-refractivity contribution in [1.29, 1.82) is 0 Å². The van der Waals surface area contributed by atoms with Crippen LogP contribution in [0, 0.1) is 5.41 Å². The molecule has 3 rings (SSSR count). The molecule has 1 aromatic carbocycles. The van der Waals surface area contributed by atoms with E-state index in [9.17, 15) is 0 Å². The van der Waals surface area contributed by atoms with E-state index < -0.39 is 0 Å². The van der Waals surface area contributed by atoms with Crippen LogP contribution in [0.25, 0.3) is 6.08 Å². The highest BCUT2D eigenvalue weighted by atomic mass is 16.5. The highest BCUT2D eigenvalue weighted by molar-refractivity contribution is 5.60. The Kier molecular flexibility index (Phi) is 2.67. The fraction of sp³-hybridized carbons (Fsp3) is 0.467. The van der Waals surface area contributed by atoms with Crippen LogP contribution in [-0.2, 0) is 6.42 Å². The highest BCUT2D eigenvalue weighted by Gasteiger charge is 2.32. The van der Waals surface area contributed by atoms with Gasteiger partial charge in [-0.15, -0.1) is 0 Å². The number of ether oxygens (including phenoxy) is 1. The van der Waals surface area contributed by atoms with Crippen molar-refractivity contribution < 1.29 is 4.74 Å². The van der Waals surface area contributed by atoms with Crippen LogP contribution < -0.4 is 10.1 Å². The summed E-state index contributed by atoms with van der Waals surface area (Å²) in [5, 5.41) is 3.44. The molecular formula is C15H19NO. The molecule has 17 heavy (non-hydrogen) atoms. The predicted octanol–water partition coefficient (Wildman–Crippen LogP) is 2.63. The second-order valence-corrected chi connectivity index (χ2v) is 5.19. The second-order valence-electron chi connectivity index (χ2n) is 5.19. The van der Waals surface area contributed by atoms with Gasteiger partial charge in [0.25, 0.3) is 0 Å². The maximum atomic E-state index is 5.27. The third-order valence-corrected chi connectivity index (χ3v) is 4.11. The zero-order chi connectivity index (χ0) is 11.7. The molecule has 1 aliphatic carbocycles. The van der Waals surface area contributed by atoms with E-state index >= 15 is 0 Å². The van der Waals surface area contributed by atoms with Crippen molar-refractivity contribution in [3.63, 3.8) is 0 Å². The first-order valence-electron chi connectivity index (χ1n) is 6.38. The smallest absolute Gasteiger partial charge is 0.119 e. The number of nitrogens with one attached hydrogen (secondary N) is 1. The molecule has 1 heterocycles. The molecular weight excluding hydrogens is 210 g/mol. The summed E-state index contributed by atoms with van der Waals surface area (Å²) in [6.45, 7) is 2.30. The van der Waals surface area contributed by atoms with Crippen LogP contribution in [0.4, 0.5) is 0 Å². The van der Waals surface area contributed by atoms with Gasteiger partial charge in [-0.2, -0.15) is 0 Å². The first kappa shape index (κ1) is 10.8. The Balaban J connectivity index is 1.91. The van der Waals surface area contributed by atoms with Crippen molar-refractivity contribution in [3.8, 4) is 5.75 Å². The number of hydrogen-bond acceptors (Lipinski definition) is 2. The van der Waals surface area contributed by atoms with Gasteiger partial charge in [-0.25, -0.2) is 0 Å². The van der Waals surface area contributed by atoms with Crippen LogP contribution in [-0.4, -0.2) is 20.2 Å². The Morgan fingerprint density at radius 3 is 2.82 bits per heavy atom. The maximum Gasteiger partial charge on any atom is 0.119 e. The molecule has 0 amide bonds. The van der Waals surface area contributed by atoms with Gasteiger partial charge in [0, 0.05) is 0 Å². The Morgan fingerprint density at radius 1 is 1.24 bits per heavy atom. The van der Waals surface area contributed by atoms with E-state index in [0.717, 1.165) is 18.8 Å². The minimum absolute atomic E-state index is 0.410. The van der Waals surface area contributed by atoms with Crippen molar-refractivity contribution in [3.05, 3.63) is 35.4 Å². The van der Waals surface area contributed by atoms with Gasteiger partial charge in [0.1, 0.15) is 5.75 Å². The minimum Gasteiger partial charge on any atom is -0.497 e. The number of methoxy groups -OCH3 is 1. The molecule has 0 aromatic heterocycles. The van der Waals surface area contributed by atoms with E-state index in [1.807, 2.05) is 0 Å². The van der Waals surface area contributed by atoms with Gasteiger partial charge >= 0.3 is 0 Å². The lowest BCUT2D eigenvalue weighted by atomic mass is 9.70. The lowest BCUT2D eigenvalue weighted by Crippen LogP contribution is -2.37. The van der Waals surface area contributed by atoms with Crippen LogP contribution in [0.15, 0.2) is 24.3 Å². The standard InChI is InChI=1S/C15H19NO/c1-17-14-3-2-13-11-15(5-4-12(13)10-14)6-8-16-9-7-15/h2-5,10,16H,6-9,11H2,1H3. The Hall–Kier alpha value is -1.28. The summed E-state index contributed by atoms with van der Waals surface area (Å²) in [4.78, 5) is 0. The number of hydrogen-bond donors (Lipinski definition) is 1. The maximum absolute atomic E-state index is 5.27. The summed E-state index contributed by atoms with van der Waals surface area (Å²) >= 11 is 0. The zero-order valence-corrected chi connectivity index (χ0v) is 10.3. The lowest BCUT2D eigenvalue weighted by molar-refractivity contribution is 0.269. The summed E-state index contributed by atoms with van der Waals surface area (Å²) in [5.41, 5.74) is 3.20. The molecule has 0 saturated carbocycles. The number of fused-ring (bicyclic) bond motifs is 1. The fourth-order valence-electron chi connectivity index (χ4n) is 2.99. The molecule has 0 atom stereocenters. The van der Waals surface area contributed by atoms with E-state index in [4.69, 9.17) is 4.74 Å². The molecule has 2 aliphatic rings. The SMILES string of the molecule is COc1ccc2c(c1)C=CC1(CCNCC1)C2. The number of benzene rings is 1. The van der Waals surface area contributed by atoms with E-state index in [2.05, 4.69) is 35.7 Å². The molecule has 1 fully saturated rings. The summed E-state index contributed by atoms with van der Waals surface area (Å²) in [6, 6.07) is 6.44. The molecule has 0 unspecified atom stereocenters. The lowest BCUT2D eigenvalue weighted by Gasteiger charge is -2.38. The molecule has 1 spiro atoms. The van der Waals surface area contributed by atoms with Gasteiger partial charge in [-0.05, 0) is 61.0 Å². The molecule has 90 valence electrons. The molecule has 2 heteroatoms. The van der Waals surface area contributed by atoms with Crippen molar-refractivity contribution in [2.45, 2.75) is 19.3 Å². The molecule has 1 aromatic rings. The normalized spacial score (nSPS) is 21.2. The molecule has 0 bridgehead atoms. The molecule has 1 N–H and O–H groups in total. The van der Waals surface area contributed by atoms with Gasteiger partial charge < -0.3 is 10.1 Å². The van der Waals surface area contributed by atoms with Crippen molar-refractivity contribution in [1.82, 2.24) is 5.32 Å². The third-order valence-electron chi connectivity index (χ3n) is 4.11. The predicted molar refractivity (Wildman–Crippen MR) is 70.3 cm³/mol. The second kappa shape index (κ2) is 4.19. The monoisotopic (exact) mass is 229 g/mol. The Labute approximate surface area is 103 Å². The van der Waals surface area contributed by atoms with Crippen LogP contribution in [0.5, 0.6) is 5.75 Å². The quantitative estimate of drug-likeness (QED) is 0.799. The largest absolute Gasteiger partial charge is 0.497 e. The molecule has 1 aliphatic heterocycles. The minimum atomic E-state index is 0.410. The van der Waals surface area contributed by atoms with Crippen LogP contribution in [0.2, 0.25) is 0 Å². The summed E-state index contributed by atoms with van der Waals surface area (Å²) in [7, 11) is 1.72. The first-order valence-corrected chi connectivity index (χ1v) is 6.38. The van der Waals surface area contributed by atoms with Crippen LogP contribution in [0.3, 0.4) is 0 Å². The number of piperidine rings is 1. The van der Waals surface area contributed by atoms with Gasteiger partial charge in [-0.1, -0.05) is 18.2 Å². The number of allylic oxidation sites excluding steroid dienone is 1. The topological polar surface area (TPSA) is 21.3 Å². The number of rotatable bonds is 1. The van der Waals surface area contributed by atoms with E-state index in [1.165, 1.54) is 30.4 Å². The fourth-order valence-corrected chi connectivity index (χ4v) is 2.99. The average Bonchev–Trinajstić information content (AvgIpc) is 2.39.